The summed E-state index contributed by atoms with van der Waals surface area (Å²) in [4.78, 5) is 11.2. The van der Waals surface area contributed by atoms with E-state index < -0.39 is 11.6 Å². The van der Waals surface area contributed by atoms with Crippen LogP contribution >= 0.6 is 0 Å². The number of likely N-dealkylation sites (N-methyl/N-ethyl adjacent to an activating group) is 1. The van der Waals surface area contributed by atoms with Crippen LogP contribution in [0.3, 0.4) is 0 Å². The Bertz CT molecular complexity index is 621. The van der Waals surface area contributed by atoms with Crippen molar-refractivity contribution >= 4 is 11.6 Å². The summed E-state index contributed by atoms with van der Waals surface area (Å²) >= 11 is 0. The van der Waals surface area contributed by atoms with Gasteiger partial charge in [-0.3, -0.25) is 9.48 Å². The Morgan fingerprint density at radius 1 is 1.33 bits per heavy atom. The summed E-state index contributed by atoms with van der Waals surface area (Å²) in [5.41, 5.74) is 1.16. The van der Waals surface area contributed by atoms with E-state index in [9.17, 15) is 13.6 Å². The Kier molecular flexibility index (Phi) is 4.52. The molecule has 0 fully saturated rings. The molecule has 0 radical (unpaired) electrons. The number of hydrogen-bond donors (Lipinski definition) is 2. The highest BCUT2D eigenvalue weighted by molar-refractivity contribution is 5.75. The molecule has 1 aromatic heterocycles. The first-order valence-electron chi connectivity index (χ1n) is 6.43. The minimum Gasteiger partial charge on any atom is -0.376 e. The lowest BCUT2D eigenvalue weighted by Crippen LogP contribution is -2.23. The number of benzene rings is 1. The lowest BCUT2D eigenvalue weighted by molar-refractivity contribution is -0.121. The molecule has 0 saturated heterocycles. The first-order chi connectivity index (χ1) is 9.97. The summed E-state index contributed by atoms with van der Waals surface area (Å²) < 4.78 is 27.8. The van der Waals surface area contributed by atoms with E-state index in [4.69, 9.17) is 0 Å². The smallest absolute Gasteiger partial charge is 0.241 e. The fraction of sp³-hybridized carbons (Fsp3) is 0.286. The van der Waals surface area contributed by atoms with Gasteiger partial charge in [-0.2, -0.15) is 5.10 Å². The van der Waals surface area contributed by atoms with Crippen molar-refractivity contribution in [2.45, 2.75) is 19.5 Å². The van der Waals surface area contributed by atoms with Crippen molar-refractivity contribution in [3.8, 4) is 0 Å². The zero-order valence-electron chi connectivity index (χ0n) is 11.7. The van der Waals surface area contributed by atoms with Gasteiger partial charge in [0.25, 0.3) is 0 Å². The van der Waals surface area contributed by atoms with Gasteiger partial charge in [-0.25, -0.2) is 8.78 Å². The highest BCUT2D eigenvalue weighted by atomic mass is 19.1. The standard InChI is InChI=1S/C14H16F2N4O/c1-9(10-3-11(15)5-12(16)4-10)19-13-6-18-20(7-13)8-14(21)17-2/h3-7,9,19H,8H2,1-2H3,(H,17,21). The van der Waals surface area contributed by atoms with E-state index in [-0.39, 0.29) is 18.5 Å². The second kappa shape index (κ2) is 6.34. The van der Waals surface area contributed by atoms with E-state index in [0.717, 1.165) is 6.07 Å². The topological polar surface area (TPSA) is 59.0 Å². The Labute approximate surface area is 121 Å². The lowest BCUT2D eigenvalue weighted by atomic mass is 10.1. The van der Waals surface area contributed by atoms with Crippen molar-refractivity contribution in [3.63, 3.8) is 0 Å². The molecule has 2 aromatic rings. The molecule has 0 aliphatic carbocycles. The van der Waals surface area contributed by atoms with Crippen molar-refractivity contribution < 1.29 is 13.6 Å². The van der Waals surface area contributed by atoms with Crippen LogP contribution in [0.25, 0.3) is 0 Å². The second-order valence-electron chi connectivity index (χ2n) is 4.67. The highest BCUT2D eigenvalue weighted by Crippen LogP contribution is 2.20. The monoisotopic (exact) mass is 294 g/mol. The van der Waals surface area contributed by atoms with Crippen LogP contribution in [0.1, 0.15) is 18.5 Å². The molecule has 0 saturated carbocycles. The SMILES string of the molecule is CNC(=O)Cn1cc(NC(C)c2cc(F)cc(F)c2)cn1. The minimum absolute atomic E-state index is 0.112. The summed E-state index contributed by atoms with van der Waals surface area (Å²) in [6.07, 6.45) is 3.20. The van der Waals surface area contributed by atoms with Crippen LogP contribution in [0, 0.1) is 11.6 Å². The maximum absolute atomic E-state index is 13.2. The van der Waals surface area contributed by atoms with Gasteiger partial charge in [0.2, 0.25) is 5.91 Å². The number of carbonyl (C=O) groups is 1. The number of halogens is 2. The van der Waals surface area contributed by atoms with Gasteiger partial charge in [-0.15, -0.1) is 0 Å². The van der Waals surface area contributed by atoms with Gasteiger partial charge in [0.15, 0.2) is 0 Å². The van der Waals surface area contributed by atoms with Crippen molar-refractivity contribution in [1.82, 2.24) is 15.1 Å². The molecule has 112 valence electrons. The normalized spacial score (nSPS) is 12.0. The van der Waals surface area contributed by atoms with Crippen LogP contribution in [0.5, 0.6) is 0 Å². The van der Waals surface area contributed by atoms with Gasteiger partial charge in [-0.05, 0) is 24.6 Å². The summed E-state index contributed by atoms with van der Waals surface area (Å²) in [7, 11) is 1.55. The number of amides is 1. The fourth-order valence-electron chi connectivity index (χ4n) is 1.91. The second-order valence-corrected chi connectivity index (χ2v) is 4.67. The molecular weight excluding hydrogens is 278 g/mol. The average molecular weight is 294 g/mol. The molecule has 1 unspecified atom stereocenters. The Morgan fingerprint density at radius 3 is 2.62 bits per heavy atom. The molecule has 21 heavy (non-hydrogen) atoms. The van der Waals surface area contributed by atoms with Crippen LogP contribution < -0.4 is 10.6 Å². The third-order valence-electron chi connectivity index (χ3n) is 2.99. The number of anilines is 1. The van der Waals surface area contributed by atoms with Crippen LogP contribution in [0.15, 0.2) is 30.6 Å². The fourth-order valence-corrected chi connectivity index (χ4v) is 1.91. The number of carbonyl (C=O) groups excluding carboxylic acids is 1. The average Bonchev–Trinajstić information content (AvgIpc) is 2.84. The zero-order valence-corrected chi connectivity index (χ0v) is 11.7. The van der Waals surface area contributed by atoms with E-state index in [0.29, 0.717) is 11.3 Å². The number of nitrogens with one attached hydrogen (secondary N) is 2. The number of nitrogens with zero attached hydrogens (tertiary/aromatic N) is 2. The summed E-state index contributed by atoms with van der Waals surface area (Å²) in [6.45, 7) is 1.89. The molecule has 7 heteroatoms. The van der Waals surface area contributed by atoms with E-state index >= 15 is 0 Å². The van der Waals surface area contributed by atoms with Crippen LogP contribution in [-0.4, -0.2) is 22.7 Å². The molecular formula is C14H16F2N4O. The van der Waals surface area contributed by atoms with Gasteiger partial charge in [0.1, 0.15) is 18.2 Å². The van der Waals surface area contributed by atoms with E-state index in [1.807, 2.05) is 0 Å². The van der Waals surface area contributed by atoms with Gasteiger partial charge < -0.3 is 10.6 Å². The molecule has 0 bridgehead atoms. The van der Waals surface area contributed by atoms with Crippen LogP contribution in [0.2, 0.25) is 0 Å². The van der Waals surface area contributed by atoms with Gasteiger partial charge in [0.05, 0.1) is 11.9 Å². The summed E-state index contributed by atoms with van der Waals surface area (Å²) in [5.74, 6) is -1.40. The molecule has 2 rings (SSSR count). The van der Waals surface area contributed by atoms with E-state index in [1.54, 1.807) is 26.4 Å². The van der Waals surface area contributed by atoms with E-state index in [2.05, 4.69) is 15.7 Å². The van der Waals surface area contributed by atoms with Crippen LogP contribution in [-0.2, 0) is 11.3 Å². The van der Waals surface area contributed by atoms with Crippen molar-refractivity contribution in [2.24, 2.45) is 0 Å². The molecule has 1 heterocycles. The highest BCUT2D eigenvalue weighted by Gasteiger charge is 2.10. The Morgan fingerprint density at radius 2 is 2.00 bits per heavy atom. The molecule has 5 nitrogen and oxygen atoms in total. The quantitative estimate of drug-likeness (QED) is 0.887. The summed E-state index contributed by atoms with van der Waals surface area (Å²) in [5, 5.41) is 9.61. The first kappa shape index (κ1) is 15.0. The zero-order chi connectivity index (χ0) is 15.4. The molecule has 0 aliphatic heterocycles. The molecule has 1 aromatic carbocycles. The number of aromatic nitrogens is 2. The molecule has 2 N–H and O–H groups in total. The van der Waals surface area contributed by atoms with Gasteiger partial charge >= 0.3 is 0 Å². The maximum Gasteiger partial charge on any atom is 0.241 e. The maximum atomic E-state index is 13.2. The minimum atomic E-state index is -0.617. The van der Waals surface area contributed by atoms with E-state index in [1.165, 1.54) is 16.8 Å². The third kappa shape index (κ3) is 4.01. The van der Waals surface area contributed by atoms with Crippen molar-refractivity contribution in [2.75, 3.05) is 12.4 Å². The Balaban J connectivity index is 2.05. The molecule has 1 amide bonds. The number of hydrogen-bond acceptors (Lipinski definition) is 3. The first-order valence-corrected chi connectivity index (χ1v) is 6.43. The Hall–Kier alpha value is -2.44. The summed E-state index contributed by atoms with van der Waals surface area (Å²) in [6, 6.07) is 3.08. The van der Waals surface area contributed by atoms with Gasteiger partial charge in [-0.1, -0.05) is 0 Å². The predicted molar refractivity (Wildman–Crippen MR) is 74.7 cm³/mol. The van der Waals surface area contributed by atoms with Crippen molar-refractivity contribution in [3.05, 3.63) is 47.8 Å². The van der Waals surface area contributed by atoms with Gasteiger partial charge in [0, 0.05) is 25.4 Å². The third-order valence-corrected chi connectivity index (χ3v) is 2.99. The largest absolute Gasteiger partial charge is 0.376 e. The molecule has 0 aliphatic rings. The lowest BCUT2D eigenvalue weighted by Gasteiger charge is -2.14. The molecule has 1 atom stereocenters. The van der Waals surface area contributed by atoms with Crippen LogP contribution in [0.4, 0.5) is 14.5 Å². The number of rotatable bonds is 5. The predicted octanol–water partition coefficient (Wildman–Crippen LogP) is 2.08. The molecule has 0 spiro atoms. The van der Waals surface area contributed by atoms with Crippen molar-refractivity contribution in [1.29, 1.82) is 0 Å².